The predicted molar refractivity (Wildman–Crippen MR) is 89.4 cm³/mol. The summed E-state index contributed by atoms with van der Waals surface area (Å²) in [6, 6.07) is 16.0. The quantitative estimate of drug-likeness (QED) is 0.826. The number of rotatable bonds is 5. The standard InChI is InChI=1S/C17H16BrNO2/c1-19(12-13-5-3-2-4-6-13)16-9-8-15(18)11-14(16)7-10-17(20)21/h2-11H,12H2,1H3,(H,20,21)/b10-7+. The number of hydrogen-bond acceptors (Lipinski definition) is 2. The molecule has 0 aliphatic rings. The Morgan fingerprint density at radius 1 is 1.24 bits per heavy atom. The van der Waals surface area contributed by atoms with Gasteiger partial charge in [-0.05, 0) is 35.4 Å². The van der Waals surface area contributed by atoms with Crippen LogP contribution in [0.3, 0.4) is 0 Å². The Morgan fingerprint density at radius 3 is 2.62 bits per heavy atom. The van der Waals surface area contributed by atoms with Crippen molar-refractivity contribution in [3.05, 3.63) is 70.2 Å². The van der Waals surface area contributed by atoms with E-state index in [0.717, 1.165) is 28.3 Å². The molecule has 0 saturated carbocycles. The minimum absolute atomic E-state index is 0.760. The van der Waals surface area contributed by atoms with Crippen molar-refractivity contribution in [2.45, 2.75) is 6.54 Å². The van der Waals surface area contributed by atoms with Gasteiger partial charge in [-0.25, -0.2) is 4.79 Å². The molecule has 2 aromatic rings. The minimum atomic E-state index is -0.952. The molecule has 3 nitrogen and oxygen atoms in total. The summed E-state index contributed by atoms with van der Waals surface area (Å²) in [5.74, 6) is -0.952. The molecule has 0 amide bonds. The molecule has 108 valence electrons. The van der Waals surface area contributed by atoms with E-state index in [2.05, 4.69) is 33.0 Å². The van der Waals surface area contributed by atoms with E-state index in [4.69, 9.17) is 5.11 Å². The van der Waals surface area contributed by atoms with Crippen LogP contribution in [-0.2, 0) is 11.3 Å². The lowest BCUT2D eigenvalue weighted by atomic mass is 10.1. The molecular weight excluding hydrogens is 330 g/mol. The van der Waals surface area contributed by atoms with E-state index in [9.17, 15) is 4.79 Å². The van der Waals surface area contributed by atoms with E-state index in [1.807, 2.05) is 43.4 Å². The Morgan fingerprint density at radius 2 is 1.95 bits per heavy atom. The molecule has 0 bridgehead atoms. The zero-order valence-corrected chi connectivity index (χ0v) is 13.2. The van der Waals surface area contributed by atoms with Crippen LogP contribution in [0.15, 0.2) is 59.1 Å². The SMILES string of the molecule is CN(Cc1ccccc1)c1ccc(Br)cc1/C=C/C(=O)O. The van der Waals surface area contributed by atoms with Crippen molar-refractivity contribution in [1.82, 2.24) is 0 Å². The lowest BCUT2D eigenvalue weighted by Crippen LogP contribution is -2.17. The lowest BCUT2D eigenvalue weighted by molar-refractivity contribution is -0.131. The maximum Gasteiger partial charge on any atom is 0.328 e. The number of nitrogens with zero attached hydrogens (tertiary/aromatic N) is 1. The first-order valence-corrected chi connectivity index (χ1v) is 7.31. The van der Waals surface area contributed by atoms with Crippen molar-refractivity contribution in [1.29, 1.82) is 0 Å². The van der Waals surface area contributed by atoms with Crippen LogP contribution in [0.25, 0.3) is 6.08 Å². The Labute approximate surface area is 132 Å². The summed E-state index contributed by atoms with van der Waals surface area (Å²) >= 11 is 3.42. The van der Waals surface area contributed by atoms with Gasteiger partial charge in [-0.1, -0.05) is 46.3 Å². The van der Waals surface area contributed by atoms with Crippen LogP contribution in [0.1, 0.15) is 11.1 Å². The second-order valence-electron chi connectivity index (χ2n) is 4.72. The van der Waals surface area contributed by atoms with Crippen molar-refractivity contribution < 1.29 is 9.90 Å². The summed E-state index contributed by atoms with van der Waals surface area (Å²) in [6.07, 6.45) is 2.77. The van der Waals surface area contributed by atoms with Gasteiger partial charge in [0, 0.05) is 29.8 Å². The summed E-state index contributed by atoms with van der Waals surface area (Å²) < 4.78 is 0.921. The maximum absolute atomic E-state index is 10.7. The molecule has 0 saturated heterocycles. The first-order valence-electron chi connectivity index (χ1n) is 6.52. The fraction of sp³-hybridized carbons (Fsp3) is 0.118. The topological polar surface area (TPSA) is 40.5 Å². The maximum atomic E-state index is 10.7. The molecule has 0 spiro atoms. The molecule has 0 aliphatic carbocycles. The number of carboxylic acids is 1. The molecule has 2 aromatic carbocycles. The minimum Gasteiger partial charge on any atom is -0.478 e. The van der Waals surface area contributed by atoms with Gasteiger partial charge in [-0.3, -0.25) is 0 Å². The van der Waals surface area contributed by atoms with E-state index in [0.29, 0.717) is 0 Å². The smallest absolute Gasteiger partial charge is 0.328 e. The highest BCUT2D eigenvalue weighted by Gasteiger charge is 2.07. The van der Waals surface area contributed by atoms with Crippen LogP contribution < -0.4 is 4.90 Å². The van der Waals surface area contributed by atoms with E-state index < -0.39 is 5.97 Å². The third kappa shape index (κ3) is 4.46. The fourth-order valence-corrected chi connectivity index (χ4v) is 2.49. The Balaban J connectivity index is 2.27. The van der Waals surface area contributed by atoms with Crippen LogP contribution in [0.5, 0.6) is 0 Å². The van der Waals surface area contributed by atoms with E-state index >= 15 is 0 Å². The van der Waals surface area contributed by atoms with Crippen molar-refractivity contribution in [3.8, 4) is 0 Å². The Hall–Kier alpha value is -2.07. The summed E-state index contributed by atoms with van der Waals surface area (Å²) in [4.78, 5) is 12.8. The zero-order valence-electron chi connectivity index (χ0n) is 11.7. The van der Waals surface area contributed by atoms with Crippen LogP contribution >= 0.6 is 15.9 Å². The second kappa shape index (κ2) is 7.09. The number of halogens is 1. The van der Waals surface area contributed by atoms with Gasteiger partial charge in [0.05, 0.1) is 0 Å². The molecule has 21 heavy (non-hydrogen) atoms. The van der Waals surface area contributed by atoms with Gasteiger partial charge in [-0.15, -0.1) is 0 Å². The van der Waals surface area contributed by atoms with E-state index in [-0.39, 0.29) is 0 Å². The predicted octanol–water partition coefficient (Wildman–Crippen LogP) is 4.18. The molecule has 0 heterocycles. The zero-order chi connectivity index (χ0) is 15.2. The van der Waals surface area contributed by atoms with Crippen molar-refractivity contribution in [3.63, 3.8) is 0 Å². The monoisotopic (exact) mass is 345 g/mol. The van der Waals surface area contributed by atoms with Gasteiger partial charge < -0.3 is 10.0 Å². The first kappa shape index (κ1) is 15.3. The van der Waals surface area contributed by atoms with Crippen LogP contribution in [-0.4, -0.2) is 18.1 Å². The summed E-state index contributed by atoms with van der Waals surface area (Å²) in [6.45, 7) is 0.760. The van der Waals surface area contributed by atoms with E-state index in [1.165, 1.54) is 5.56 Å². The molecule has 2 rings (SSSR count). The van der Waals surface area contributed by atoms with Crippen molar-refractivity contribution >= 4 is 33.7 Å². The normalized spacial score (nSPS) is 10.8. The third-order valence-electron chi connectivity index (χ3n) is 3.07. The van der Waals surface area contributed by atoms with Gasteiger partial charge in [0.1, 0.15) is 0 Å². The molecule has 0 fully saturated rings. The molecule has 0 radical (unpaired) electrons. The largest absolute Gasteiger partial charge is 0.478 e. The summed E-state index contributed by atoms with van der Waals surface area (Å²) in [5, 5.41) is 8.80. The molecule has 0 atom stereocenters. The van der Waals surface area contributed by atoms with Crippen LogP contribution in [0.4, 0.5) is 5.69 Å². The van der Waals surface area contributed by atoms with Gasteiger partial charge in [0.15, 0.2) is 0 Å². The first-order chi connectivity index (χ1) is 10.1. The highest BCUT2D eigenvalue weighted by molar-refractivity contribution is 9.10. The number of hydrogen-bond donors (Lipinski definition) is 1. The van der Waals surface area contributed by atoms with E-state index in [1.54, 1.807) is 6.08 Å². The van der Waals surface area contributed by atoms with Gasteiger partial charge in [0.25, 0.3) is 0 Å². The molecular formula is C17H16BrNO2. The van der Waals surface area contributed by atoms with Gasteiger partial charge >= 0.3 is 5.97 Å². The number of carboxylic acid groups (broad SMARTS) is 1. The van der Waals surface area contributed by atoms with Crippen molar-refractivity contribution in [2.24, 2.45) is 0 Å². The average Bonchev–Trinajstić information content (AvgIpc) is 2.46. The molecule has 0 unspecified atom stereocenters. The molecule has 0 aromatic heterocycles. The lowest BCUT2D eigenvalue weighted by Gasteiger charge is -2.22. The third-order valence-corrected chi connectivity index (χ3v) is 3.56. The highest BCUT2D eigenvalue weighted by atomic mass is 79.9. The van der Waals surface area contributed by atoms with Gasteiger partial charge in [-0.2, -0.15) is 0 Å². The Kier molecular flexibility index (Phi) is 5.17. The van der Waals surface area contributed by atoms with Gasteiger partial charge in [0.2, 0.25) is 0 Å². The van der Waals surface area contributed by atoms with Crippen LogP contribution in [0.2, 0.25) is 0 Å². The number of anilines is 1. The highest BCUT2D eigenvalue weighted by Crippen LogP contribution is 2.26. The van der Waals surface area contributed by atoms with Crippen LogP contribution in [0, 0.1) is 0 Å². The second-order valence-corrected chi connectivity index (χ2v) is 5.63. The number of aliphatic carboxylic acids is 1. The number of benzene rings is 2. The Bertz CT molecular complexity index is 653. The average molecular weight is 346 g/mol. The number of carbonyl (C=O) groups is 1. The molecule has 4 heteroatoms. The summed E-state index contributed by atoms with van der Waals surface area (Å²) in [7, 11) is 1.99. The fourth-order valence-electron chi connectivity index (χ4n) is 2.11. The summed E-state index contributed by atoms with van der Waals surface area (Å²) in [5.41, 5.74) is 3.06. The van der Waals surface area contributed by atoms with Crippen molar-refractivity contribution in [2.75, 3.05) is 11.9 Å². The molecule has 1 N–H and O–H groups in total. The molecule has 0 aliphatic heterocycles.